The Morgan fingerprint density at radius 3 is 2.95 bits per heavy atom. The predicted octanol–water partition coefficient (Wildman–Crippen LogP) is 2.61. The van der Waals surface area contributed by atoms with E-state index in [1.54, 1.807) is 23.3 Å². The minimum atomic E-state index is -0.918. The normalized spacial score (nSPS) is 18.6. The van der Waals surface area contributed by atoms with Gasteiger partial charge in [0, 0.05) is 28.3 Å². The lowest BCUT2D eigenvalue weighted by Gasteiger charge is -2.27. The SMILES string of the molecule is CN(Cc1cc(Br)cs1)C(=O)N1CCC[C@H]1C(=O)O. The molecule has 1 aliphatic heterocycles. The van der Waals surface area contributed by atoms with Crippen LogP contribution in [0.4, 0.5) is 4.79 Å². The maximum atomic E-state index is 12.3. The molecule has 2 heterocycles. The first kappa shape index (κ1) is 14.3. The van der Waals surface area contributed by atoms with Gasteiger partial charge in [-0.25, -0.2) is 9.59 Å². The van der Waals surface area contributed by atoms with E-state index in [4.69, 9.17) is 5.11 Å². The number of thiophene rings is 1. The molecule has 1 saturated heterocycles. The van der Waals surface area contributed by atoms with Gasteiger partial charge in [0.25, 0.3) is 0 Å². The monoisotopic (exact) mass is 346 g/mol. The van der Waals surface area contributed by atoms with Crippen molar-refractivity contribution in [2.45, 2.75) is 25.4 Å². The van der Waals surface area contributed by atoms with Gasteiger partial charge in [0.2, 0.25) is 0 Å². The zero-order valence-corrected chi connectivity index (χ0v) is 12.9. The van der Waals surface area contributed by atoms with E-state index in [-0.39, 0.29) is 6.03 Å². The molecule has 0 spiro atoms. The van der Waals surface area contributed by atoms with Crippen molar-refractivity contribution in [3.8, 4) is 0 Å². The molecule has 2 amide bonds. The Kier molecular flexibility index (Phi) is 4.46. The summed E-state index contributed by atoms with van der Waals surface area (Å²) in [4.78, 5) is 27.4. The van der Waals surface area contributed by atoms with Gasteiger partial charge in [-0.05, 0) is 34.8 Å². The topological polar surface area (TPSA) is 60.9 Å². The highest BCUT2D eigenvalue weighted by Crippen LogP contribution is 2.23. The van der Waals surface area contributed by atoms with Crippen LogP contribution in [0.25, 0.3) is 0 Å². The van der Waals surface area contributed by atoms with Crippen LogP contribution in [0.2, 0.25) is 0 Å². The number of carbonyl (C=O) groups excluding carboxylic acids is 1. The summed E-state index contributed by atoms with van der Waals surface area (Å²) in [5.74, 6) is -0.918. The van der Waals surface area contributed by atoms with Gasteiger partial charge in [-0.2, -0.15) is 0 Å². The molecule has 0 bridgehead atoms. The Hall–Kier alpha value is -1.08. The first-order valence-electron chi connectivity index (χ1n) is 5.96. The zero-order chi connectivity index (χ0) is 14.0. The summed E-state index contributed by atoms with van der Waals surface area (Å²) in [6.07, 6.45) is 1.29. The zero-order valence-electron chi connectivity index (χ0n) is 10.5. The summed E-state index contributed by atoms with van der Waals surface area (Å²) in [5, 5.41) is 11.1. The van der Waals surface area contributed by atoms with E-state index in [0.29, 0.717) is 19.5 Å². The van der Waals surface area contributed by atoms with Gasteiger partial charge in [0.15, 0.2) is 0 Å². The number of nitrogens with zero attached hydrogens (tertiary/aromatic N) is 2. The largest absolute Gasteiger partial charge is 0.480 e. The molecule has 7 heteroatoms. The highest BCUT2D eigenvalue weighted by molar-refractivity contribution is 9.10. The molecule has 5 nitrogen and oxygen atoms in total. The van der Waals surface area contributed by atoms with E-state index in [9.17, 15) is 9.59 Å². The molecule has 104 valence electrons. The second-order valence-electron chi connectivity index (χ2n) is 4.56. The Bertz CT molecular complexity index is 491. The molecule has 0 saturated carbocycles. The molecule has 0 radical (unpaired) electrons. The smallest absolute Gasteiger partial charge is 0.326 e. The van der Waals surface area contributed by atoms with Crippen molar-refractivity contribution in [2.24, 2.45) is 0 Å². The number of urea groups is 1. The quantitative estimate of drug-likeness (QED) is 0.914. The van der Waals surface area contributed by atoms with Gasteiger partial charge in [-0.3, -0.25) is 0 Å². The fourth-order valence-corrected chi connectivity index (χ4v) is 3.71. The van der Waals surface area contributed by atoms with Gasteiger partial charge in [0.1, 0.15) is 6.04 Å². The van der Waals surface area contributed by atoms with Crippen molar-refractivity contribution < 1.29 is 14.7 Å². The second kappa shape index (κ2) is 5.92. The van der Waals surface area contributed by atoms with E-state index in [2.05, 4.69) is 15.9 Å². The molecule has 19 heavy (non-hydrogen) atoms. The number of rotatable bonds is 3. The Balaban J connectivity index is 2.00. The summed E-state index contributed by atoms with van der Waals surface area (Å²) in [5.41, 5.74) is 0. The molecule has 1 atom stereocenters. The van der Waals surface area contributed by atoms with Crippen molar-refractivity contribution in [3.05, 3.63) is 20.8 Å². The number of carboxylic acid groups (broad SMARTS) is 1. The third-order valence-corrected chi connectivity index (χ3v) is 4.81. The number of carbonyl (C=O) groups is 2. The number of carboxylic acids is 1. The summed E-state index contributed by atoms with van der Waals surface area (Å²) in [7, 11) is 1.70. The van der Waals surface area contributed by atoms with Crippen LogP contribution >= 0.6 is 27.3 Å². The van der Waals surface area contributed by atoms with E-state index >= 15 is 0 Å². The van der Waals surface area contributed by atoms with Gasteiger partial charge in [-0.1, -0.05) is 0 Å². The predicted molar refractivity (Wildman–Crippen MR) is 76.2 cm³/mol. The molecule has 2 rings (SSSR count). The van der Waals surface area contributed by atoms with Gasteiger partial charge >= 0.3 is 12.0 Å². The Morgan fingerprint density at radius 2 is 2.37 bits per heavy atom. The third kappa shape index (κ3) is 3.27. The van der Waals surface area contributed by atoms with Crippen LogP contribution in [-0.4, -0.2) is 46.5 Å². The summed E-state index contributed by atoms with van der Waals surface area (Å²) < 4.78 is 0.998. The molecular formula is C12H15BrN2O3S. The van der Waals surface area contributed by atoms with E-state index in [1.807, 2.05) is 11.4 Å². The maximum Gasteiger partial charge on any atom is 0.326 e. The average Bonchev–Trinajstić information content (AvgIpc) is 2.97. The lowest BCUT2D eigenvalue weighted by Crippen LogP contribution is -2.46. The van der Waals surface area contributed by atoms with Gasteiger partial charge in [-0.15, -0.1) is 11.3 Å². The molecular weight excluding hydrogens is 332 g/mol. The third-order valence-electron chi connectivity index (χ3n) is 3.12. The number of halogens is 1. The summed E-state index contributed by atoms with van der Waals surface area (Å²) in [6, 6.07) is 1.08. The first-order valence-corrected chi connectivity index (χ1v) is 7.63. The molecule has 1 N–H and O–H groups in total. The fraction of sp³-hybridized carbons (Fsp3) is 0.500. The van der Waals surface area contributed by atoms with Crippen LogP contribution in [0, 0.1) is 0 Å². The van der Waals surface area contributed by atoms with Crippen LogP contribution in [0.1, 0.15) is 17.7 Å². The molecule has 1 aromatic rings. The standard InChI is InChI=1S/C12H15BrN2O3S/c1-14(6-9-5-8(13)7-19-9)12(18)15-4-2-3-10(15)11(16)17/h5,7,10H,2-4,6H2,1H3,(H,16,17)/t10-/m0/s1. The number of amides is 2. The molecule has 1 aromatic heterocycles. The first-order chi connectivity index (χ1) is 8.99. The van der Waals surface area contributed by atoms with Crippen molar-refractivity contribution in [1.82, 2.24) is 9.80 Å². The van der Waals surface area contributed by atoms with Crippen LogP contribution in [0.5, 0.6) is 0 Å². The number of hydrogen-bond acceptors (Lipinski definition) is 3. The molecule has 1 fully saturated rings. The number of aliphatic carboxylic acids is 1. The van der Waals surface area contributed by atoms with E-state index in [0.717, 1.165) is 15.8 Å². The van der Waals surface area contributed by atoms with Crippen LogP contribution in [0.15, 0.2) is 15.9 Å². The van der Waals surface area contributed by atoms with Crippen LogP contribution in [0.3, 0.4) is 0 Å². The highest BCUT2D eigenvalue weighted by atomic mass is 79.9. The molecule has 0 aliphatic carbocycles. The van der Waals surface area contributed by atoms with Crippen LogP contribution < -0.4 is 0 Å². The second-order valence-corrected chi connectivity index (χ2v) is 6.47. The van der Waals surface area contributed by atoms with Gasteiger partial charge < -0.3 is 14.9 Å². The summed E-state index contributed by atoms with van der Waals surface area (Å²) in [6.45, 7) is 1.02. The Labute approximate surface area is 123 Å². The van der Waals surface area contributed by atoms with Crippen molar-refractivity contribution in [1.29, 1.82) is 0 Å². The lowest BCUT2D eigenvalue weighted by atomic mass is 10.2. The minimum Gasteiger partial charge on any atom is -0.480 e. The van der Waals surface area contributed by atoms with Crippen molar-refractivity contribution in [3.63, 3.8) is 0 Å². The van der Waals surface area contributed by atoms with E-state index in [1.165, 1.54) is 4.90 Å². The minimum absolute atomic E-state index is 0.213. The molecule has 1 aliphatic rings. The maximum absolute atomic E-state index is 12.3. The summed E-state index contributed by atoms with van der Waals surface area (Å²) >= 11 is 4.94. The fourth-order valence-electron chi connectivity index (χ4n) is 2.21. The average molecular weight is 347 g/mol. The van der Waals surface area contributed by atoms with Crippen molar-refractivity contribution in [2.75, 3.05) is 13.6 Å². The van der Waals surface area contributed by atoms with Gasteiger partial charge in [0.05, 0.1) is 6.54 Å². The van der Waals surface area contributed by atoms with Crippen molar-refractivity contribution >= 4 is 39.3 Å². The lowest BCUT2D eigenvalue weighted by molar-refractivity contribution is -0.141. The van der Waals surface area contributed by atoms with E-state index < -0.39 is 12.0 Å². The molecule has 0 unspecified atom stereocenters. The van der Waals surface area contributed by atoms with Crippen LogP contribution in [-0.2, 0) is 11.3 Å². The number of likely N-dealkylation sites (tertiary alicyclic amines) is 1. The highest BCUT2D eigenvalue weighted by Gasteiger charge is 2.35. The number of hydrogen-bond donors (Lipinski definition) is 1. The molecule has 0 aromatic carbocycles. The Morgan fingerprint density at radius 1 is 1.63 bits per heavy atom.